The van der Waals surface area contributed by atoms with Crippen LogP contribution in [0.25, 0.3) is 11.0 Å². The molecule has 114 valence electrons. The topological polar surface area (TPSA) is 120 Å². The smallest absolute Gasteiger partial charge is 0.300 e. The molecule has 8 nitrogen and oxygen atoms in total. The molecule has 0 aliphatic heterocycles. The molecule has 0 fully saturated rings. The number of nitrogens with one attached hydrogen (secondary N) is 1. The first-order valence-corrected chi connectivity index (χ1v) is 7.73. The second-order valence-corrected chi connectivity index (χ2v) is 6.24. The first kappa shape index (κ1) is 14.3. The van der Waals surface area contributed by atoms with Gasteiger partial charge in [0.25, 0.3) is 10.0 Å². The summed E-state index contributed by atoms with van der Waals surface area (Å²) in [6.07, 6.45) is 0. The summed E-state index contributed by atoms with van der Waals surface area (Å²) in [4.78, 5) is 16.6. The molecule has 0 amide bonds. The van der Waals surface area contributed by atoms with E-state index in [1.807, 2.05) is 0 Å². The van der Waals surface area contributed by atoms with Gasteiger partial charge in [0.05, 0.1) is 11.0 Å². The normalized spacial score (nSPS) is 11.9. The first-order chi connectivity index (χ1) is 10.4. The summed E-state index contributed by atoms with van der Waals surface area (Å²) in [7, 11) is -2.51. The second kappa shape index (κ2) is 4.97. The molecule has 3 aromatic rings. The first-order valence-electron chi connectivity index (χ1n) is 6.25. The maximum Gasteiger partial charge on any atom is 0.300 e. The van der Waals surface area contributed by atoms with Crippen LogP contribution in [0.5, 0.6) is 0 Å². The van der Waals surface area contributed by atoms with Gasteiger partial charge in [0, 0.05) is 0 Å². The van der Waals surface area contributed by atoms with Crippen molar-refractivity contribution < 1.29 is 17.6 Å². The third-order valence-corrected chi connectivity index (χ3v) is 4.40. The fourth-order valence-electron chi connectivity index (χ4n) is 2.05. The molecule has 0 saturated heterocycles. The van der Waals surface area contributed by atoms with Crippen molar-refractivity contribution >= 4 is 32.9 Å². The number of fused-ring (bicyclic) bond motifs is 1. The lowest BCUT2D eigenvalue weighted by Crippen LogP contribution is -2.18. The summed E-state index contributed by atoms with van der Waals surface area (Å²) in [5, 5.41) is -0.346. The van der Waals surface area contributed by atoms with Gasteiger partial charge < -0.3 is 10.2 Å². The van der Waals surface area contributed by atoms with Crippen molar-refractivity contribution in [3.05, 3.63) is 42.2 Å². The lowest BCUT2D eigenvalue weighted by Gasteiger charge is -2.02. The predicted molar refractivity (Wildman–Crippen MR) is 78.8 cm³/mol. The Kier molecular flexibility index (Phi) is 3.23. The monoisotopic (exact) mass is 320 g/mol. The number of carbonyl (C=O) groups is 1. The maximum atomic E-state index is 12.5. The highest BCUT2D eigenvalue weighted by atomic mass is 32.2. The van der Waals surface area contributed by atoms with Gasteiger partial charge in [0.1, 0.15) is 0 Å². The zero-order valence-corrected chi connectivity index (χ0v) is 12.3. The van der Waals surface area contributed by atoms with Crippen molar-refractivity contribution in [1.82, 2.24) is 14.3 Å². The summed E-state index contributed by atoms with van der Waals surface area (Å²) in [6, 6.07) is 9.40. The van der Waals surface area contributed by atoms with Gasteiger partial charge in [-0.3, -0.25) is 4.79 Å². The number of anilines is 1. The Hall–Kier alpha value is -2.65. The van der Waals surface area contributed by atoms with Crippen LogP contribution >= 0.6 is 0 Å². The van der Waals surface area contributed by atoms with Crippen LogP contribution in [0.1, 0.15) is 10.6 Å². The Morgan fingerprint density at radius 3 is 2.73 bits per heavy atom. The number of nitrogens with two attached hydrogens (primary N) is 1. The molecule has 0 bridgehead atoms. The van der Waals surface area contributed by atoms with Gasteiger partial charge in [-0.15, -0.1) is 0 Å². The molecule has 3 rings (SSSR count). The molecule has 0 unspecified atom stereocenters. The molecule has 2 aromatic heterocycles. The lowest BCUT2D eigenvalue weighted by molar-refractivity contribution is 0.0934. The van der Waals surface area contributed by atoms with E-state index in [4.69, 9.17) is 10.2 Å². The average Bonchev–Trinajstić information content (AvgIpc) is 3.10. The number of sulfonamides is 1. The van der Waals surface area contributed by atoms with Crippen LogP contribution < -0.4 is 10.5 Å². The number of nitrogen functional groups attached to an aromatic ring is 1. The number of benzene rings is 1. The van der Waals surface area contributed by atoms with Gasteiger partial charge in [0.2, 0.25) is 11.0 Å². The van der Waals surface area contributed by atoms with Crippen molar-refractivity contribution in [3.8, 4) is 0 Å². The van der Waals surface area contributed by atoms with E-state index >= 15 is 0 Å². The summed E-state index contributed by atoms with van der Waals surface area (Å²) >= 11 is 0. The highest BCUT2D eigenvalue weighted by molar-refractivity contribution is 7.89. The largest absolute Gasteiger partial charge is 0.438 e. The summed E-state index contributed by atoms with van der Waals surface area (Å²) < 4.78 is 31.7. The van der Waals surface area contributed by atoms with Crippen molar-refractivity contribution in [2.45, 2.75) is 5.09 Å². The van der Waals surface area contributed by atoms with Gasteiger partial charge in [0.15, 0.2) is 5.76 Å². The minimum absolute atomic E-state index is 0.000577. The van der Waals surface area contributed by atoms with Crippen LogP contribution in [-0.2, 0) is 10.0 Å². The third kappa shape index (κ3) is 2.16. The van der Waals surface area contributed by atoms with E-state index in [9.17, 15) is 13.2 Å². The summed E-state index contributed by atoms with van der Waals surface area (Å²) in [6.45, 7) is 0. The van der Waals surface area contributed by atoms with E-state index in [1.54, 1.807) is 24.3 Å². The van der Waals surface area contributed by atoms with Crippen LogP contribution in [0.2, 0.25) is 0 Å². The van der Waals surface area contributed by atoms with Gasteiger partial charge in [-0.1, -0.05) is 12.1 Å². The molecule has 1 aromatic carbocycles. The number of para-hydroxylation sites is 2. The molecule has 0 aliphatic carbocycles. The van der Waals surface area contributed by atoms with E-state index in [1.165, 1.54) is 23.7 Å². The quantitative estimate of drug-likeness (QED) is 0.736. The highest BCUT2D eigenvalue weighted by Crippen LogP contribution is 2.21. The molecule has 0 spiro atoms. The minimum atomic E-state index is -3.76. The number of aromatic nitrogens is 2. The van der Waals surface area contributed by atoms with E-state index in [2.05, 4.69) is 9.71 Å². The van der Waals surface area contributed by atoms with Crippen molar-refractivity contribution in [3.63, 3.8) is 0 Å². The van der Waals surface area contributed by atoms with E-state index in [0.717, 1.165) is 0 Å². The van der Waals surface area contributed by atoms with Crippen molar-refractivity contribution in [1.29, 1.82) is 0 Å². The number of hydrogen-bond acceptors (Lipinski definition) is 6. The SMILES string of the molecule is CNS(=O)(=O)c1ccc(C(=O)n2c(N)nc3ccccc32)o1. The van der Waals surface area contributed by atoms with Crippen molar-refractivity contribution in [2.75, 3.05) is 12.8 Å². The van der Waals surface area contributed by atoms with E-state index < -0.39 is 15.9 Å². The molecule has 0 radical (unpaired) electrons. The third-order valence-electron chi connectivity index (χ3n) is 3.12. The number of furan rings is 1. The van der Waals surface area contributed by atoms with Gasteiger partial charge in [-0.25, -0.2) is 22.7 Å². The van der Waals surface area contributed by atoms with Crippen LogP contribution in [0.15, 0.2) is 45.9 Å². The minimum Gasteiger partial charge on any atom is -0.438 e. The van der Waals surface area contributed by atoms with Gasteiger partial charge in [-0.05, 0) is 31.3 Å². The Morgan fingerprint density at radius 1 is 1.27 bits per heavy atom. The van der Waals surface area contributed by atoms with Gasteiger partial charge in [-0.2, -0.15) is 0 Å². The lowest BCUT2D eigenvalue weighted by atomic mass is 10.3. The maximum absolute atomic E-state index is 12.5. The Balaban J connectivity index is 2.09. The zero-order chi connectivity index (χ0) is 15.9. The van der Waals surface area contributed by atoms with Crippen LogP contribution in [0.3, 0.4) is 0 Å². The fourth-order valence-corrected chi connectivity index (χ4v) is 2.70. The molecular weight excluding hydrogens is 308 g/mol. The molecule has 0 atom stereocenters. The Morgan fingerprint density at radius 2 is 2.00 bits per heavy atom. The average molecular weight is 320 g/mol. The summed E-state index contributed by atoms with van der Waals surface area (Å²) in [5.41, 5.74) is 6.84. The molecule has 3 N–H and O–H groups in total. The van der Waals surface area contributed by atoms with Gasteiger partial charge >= 0.3 is 5.91 Å². The second-order valence-electron chi connectivity index (χ2n) is 4.43. The number of imidazole rings is 1. The molecule has 0 aliphatic rings. The predicted octanol–water partition coefficient (Wildman–Crippen LogP) is 0.808. The van der Waals surface area contributed by atoms with E-state index in [-0.39, 0.29) is 16.8 Å². The summed E-state index contributed by atoms with van der Waals surface area (Å²) in [5.74, 6) is -0.743. The number of carbonyl (C=O) groups excluding carboxylic acids is 1. The standard InChI is InChI=1S/C13H12N4O4S/c1-15-22(19,20)11-7-6-10(21-11)12(18)17-9-5-3-2-4-8(9)16-13(17)14/h2-7,15H,1H3,(H2,14,16). The molecule has 2 heterocycles. The Labute approximate surface area is 125 Å². The molecule has 0 saturated carbocycles. The zero-order valence-electron chi connectivity index (χ0n) is 11.5. The molecule has 22 heavy (non-hydrogen) atoms. The number of nitrogens with zero attached hydrogens (tertiary/aromatic N) is 2. The molecular formula is C13H12N4O4S. The fraction of sp³-hybridized carbons (Fsp3) is 0.0769. The highest BCUT2D eigenvalue weighted by Gasteiger charge is 2.23. The number of hydrogen-bond donors (Lipinski definition) is 2. The number of rotatable bonds is 3. The van der Waals surface area contributed by atoms with Crippen molar-refractivity contribution in [2.24, 2.45) is 0 Å². The van der Waals surface area contributed by atoms with E-state index in [0.29, 0.717) is 11.0 Å². The van der Waals surface area contributed by atoms with Crippen LogP contribution in [0.4, 0.5) is 5.95 Å². The van der Waals surface area contributed by atoms with Crippen LogP contribution in [-0.4, -0.2) is 30.9 Å². The molecule has 9 heteroatoms. The van der Waals surface area contributed by atoms with Crippen LogP contribution in [0, 0.1) is 0 Å². The Bertz CT molecular complexity index is 971.